The summed E-state index contributed by atoms with van der Waals surface area (Å²) in [6.07, 6.45) is 0.987. The van der Waals surface area contributed by atoms with Crippen molar-refractivity contribution in [2.75, 3.05) is 30.8 Å². The first-order chi connectivity index (χ1) is 8.75. The third kappa shape index (κ3) is 3.67. The molecule has 1 aromatic heterocycles. The number of anilines is 2. The molecule has 0 saturated carbocycles. The standard InChI is InChI=1S/C14H18N2OS/c1-16(13-6-9-18-11-13)7-3-8-17-14-5-2-4-12(15)10-14/h2,4-6,9-11H,3,7-8,15H2,1H3. The number of hydrogen-bond donors (Lipinski definition) is 1. The number of hydrogen-bond acceptors (Lipinski definition) is 4. The monoisotopic (exact) mass is 262 g/mol. The predicted octanol–water partition coefficient (Wildman–Crippen LogP) is 3.24. The minimum Gasteiger partial charge on any atom is -0.493 e. The topological polar surface area (TPSA) is 38.5 Å². The summed E-state index contributed by atoms with van der Waals surface area (Å²) < 4.78 is 5.65. The molecule has 0 radical (unpaired) electrons. The quantitative estimate of drug-likeness (QED) is 0.641. The molecule has 1 heterocycles. The van der Waals surface area contributed by atoms with Gasteiger partial charge in [0, 0.05) is 36.4 Å². The summed E-state index contributed by atoms with van der Waals surface area (Å²) in [6, 6.07) is 9.67. The highest BCUT2D eigenvalue weighted by Gasteiger charge is 2.01. The van der Waals surface area contributed by atoms with Crippen LogP contribution in [0.15, 0.2) is 41.1 Å². The SMILES string of the molecule is CN(CCCOc1cccc(N)c1)c1ccsc1. The molecule has 96 valence electrons. The Morgan fingerprint density at radius 2 is 2.22 bits per heavy atom. The Bertz CT molecular complexity index is 470. The smallest absolute Gasteiger partial charge is 0.121 e. The van der Waals surface area contributed by atoms with E-state index in [9.17, 15) is 0 Å². The highest BCUT2D eigenvalue weighted by molar-refractivity contribution is 7.08. The van der Waals surface area contributed by atoms with Crippen LogP contribution in [0.1, 0.15) is 6.42 Å². The molecular formula is C14H18N2OS. The van der Waals surface area contributed by atoms with E-state index in [1.165, 1.54) is 5.69 Å². The molecule has 0 atom stereocenters. The first kappa shape index (κ1) is 12.8. The van der Waals surface area contributed by atoms with Gasteiger partial charge in [0.25, 0.3) is 0 Å². The Kier molecular flexibility index (Phi) is 4.47. The van der Waals surface area contributed by atoms with E-state index in [0.717, 1.165) is 24.4 Å². The second kappa shape index (κ2) is 6.31. The van der Waals surface area contributed by atoms with E-state index >= 15 is 0 Å². The summed E-state index contributed by atoms with van der Waals surface area (Å²) >= 11 is 1.72. The second-order valence-corrected chi connectivity index (χ2v) is 4.96. The van der Waals surface area contributed by atoms with Crippen molar-refractivity contribution < 1.29 is 4.74 Å². The van der Waals surface area contributed by atoms with Crippen LogP contribution >= 0.6 is 11.3 Å². The van der Waals surface area contributed by atoms with Gasteiger partial charge in [0.15, 0.2) is 0 Å². The summed E-state index contributed by atoms with van der Waals surface area (Å²) in [5.41, 5.74) is 7.69. The number of thiophene rings is 1. The molecule has 0 spiro atoms. The van der Waals surface area contributed by atoms with Crippen molar-refractivity contribution in [2.45, 2.75) is 6.42 Å². The van der Waals surface area contributed by atoms with Crippen molar-refractivity contribution in [3.8, 4) is 5.75 Å². The van der Waals surface area contributed by atoms with Gasteiger partial charge in [-0.15, -0.1) is 0 Å². The molecule has 3 nitrogen and oxygen atoms in total. The molecule has 0 bridgehead atoms. The maximum atomic E-state index is 5.69. The summed E-state index contributed by atoms with van der Waals surface area (Å²) in [5.74, 6) is 0.841. The molecule has 0 aliphatic heterocycles. The maximum absolute atomic E-state index is 5.69. The Balaban J connectivity index is 1.70. The summed E-state index contributed by atoms with van der Waals surface area (Å²) in [5, 5.41) is 4.24. The molecule has 0 saturated heterocycles. The van der Waals surface area contributed by atoms with Gasteiger partial charge in [-0.25, -0.2) is 0 Å². The van der Waals surface area contributed by atoms with E-state index in [1.807, 2.05) is 24.3 Å². The fraction of sp³-hybridized carbons (Fsp3) is 0.286. The van der Waals surface area contributed by atoms with E-state index in [2.05, 4.69) is 28.8 Å². The minimum absolute atomic E-state index is 0.706. The molecule has 2 N–H and O–H groups in total. The van der Waals surface area contributed by atoms with Crippen molar-refractivity contribution >= 4 is 22.7 Å². The lowest BCUT2D eigenvalue weighted by Crippen LogP contribution is -2.19. The van der Waals surface area contributed by atoms with Crippen LogP contribution in [0.4, 0.5) is 11.4 Å². The van der Waals surface area contributed by atoms with Gasteiger partial charge in [0.05, 0.1) is 6.61 Å². The van der Waals surface area contributed by atoms with Crippen LogP contribution in [0.25, 0.3) is 0 Å². The normalized spacial score (nSPS) is 10.3. The summed E-state index contributed by atoms with van der Waals surface area (Å²) in [7, 11) is 2.10. The zero-order chi connectivity index (χ0) is 12.8. The lowest BCUT2D eigenvalue weighted by atomic mass is 10.3. The van der Waals surface area contributed by atoms with Crippen LogP contribution in [-0.4, -0.2) is 20.2 Å². The molecule has 0 aliphatic carbocycles. The van der Waals surface area contributed by atoms with E-state index in [1.54, 1.807) is 11.3 Å². The van der Waals surface area contributed by atoms with Gasteiger partial charge < -0.3 is 15.4 Å². The second-order valence-electron chi connectivity index (χ2n) is 4.18. The van der Waals surface area contributed by atoms with Crippen LogP contribution in [-0.2, 0) is 0 Å². The van der Waals surface area contributed by atoms with Crippen LogP contribution in [0.2, 0.25) is 0 Å². The number of benzene rings is 1. The molecule has 0 fully saturated rings. The molecule has 18 heavy (non-hydrogen) atoms. The van der Waals surface area contributed by atoms with Crippen LogP contribution < -0.4 is 15.4 Å². The number of ether oxygens (including phenoxy) is 1. The molecule has 0 aliphatic rings. The Morgan fingerprint density at radius 3 is 2.94 bits per heavy atom. The van der Waals surface area contributed by atoms with Crippen molar-refractivity contribution in [1.82, 2.24) is 0 Å². The number of nitrogen functional groups attached to an aromatic ring is 1. The predicted molar refractivity (Wildman–Crippen MR) is 78.6 cm³/mol. The van der Waals surface area contributed by atoms with Gasteiger partial charge >= 0.3 is 0 Å². The Labute approximate surface area is 112 Å². The van der Waals surface area contributed by atoms with Crippen molar-refractivity contribution in [3.63, 3.8) is 0 Å². The van der Waals surface area contributed by atoms with E-state index in [0.29, 0.717) is 6.61 Å². The van der Waals surface area contributed by atoms with E-state index < -0.39 is 0 Å². The summed E-state index contributed by atoms with van der Waals surface area (Å²) in [6.45, 7) is 1.69. The fourth-order valence-corrected chi connectivity index (χ4v) is 2.39. The fourth-order valence-electron chi connectivity index (χ4n) is 1.70. The lowest BCUT2D eigenvalue weighted by Gasteiger charge is -2.17. The van der Waals surface area contributed by atoms with E-state index in [4.69, 9.17) is 10.5 Å². The number of nitrogens with zero attached hydrogens (tertiary/aromatic N) is 1. The average molecular weight is 262 g/mol. The van der Waals surface area contributed by atoms with Gasteiger partial charge in [-0.3, -0.25) is 0 Å². The van der Waals surface area contributed by atoms with Gasteiger partial charge in [0.2, 0.25) is 0 Å². The molecule has 2 aromatic rings. The van der Waals surface area contributed by atoms with Gasteiger partial charge in [-0.1, -0.05) is 6.07 Å². The molecule has 4 heteroatoms. The van der Waals surface area contributed by atoms with Crippen molar-refractivity contribution in [3.05, 3.63) is 41.1 Å². The van der Waals surface area contributed by atoms with Crippen LogP contribution in [0.5, 0.6) is 5.75 Å². The maximum Gasteiger partial charge on any atom is 0.121 e. The molecule has 0 amide bonds. The highest BCUT2D eigenvalue weighted by atomic mass is 32.1. The molecule has 2 rings (SSSR count). The molecule has 0 unspecified atom stereocenters. The zero-order valence-electron chi connectivity index (χ0n) is 10.5. The molecule has 1 aromatic carbocycles. The van der Waals surface area contributed by atoms with Crippen LogP contribution in [0.3, 0.4) is 0 Å². The third-order valence-electron chi connectivity index (χ3n) is 2.71. The van der Waals surface area contributed by atoms with E-state index in [-0.39, 0.29) is 0 Å². The minimum atomic E-state index is 0.706. The van der Waals surface area contributed by atoms with Gasteiger partial charge in [-0.05, 0) is 30.0 Å². The Morgan fingerprint density at radius 1 is 1.33 bits per heavy atom. The first-order valence-electron chi connectivity index (χ1n) is 5.97. The van der Waals surface area contributed by atoms with Gasteiger partial charge in [0.1, 0.15) is 5.75 Å². The van der Waals surface area contributed by atoms with Crippen LogP contribution in [0, 0.1) is 0 Å². The van der Waals surface area contributed by atoms with Gasteiger partial charge in [-0.2, -0.15) is 11.3 Å². The Hall–Kier alpha value is -1.68. The lowest BCUT2D eigenvalue weighted by molar-refractivity contribution is 0.313. The number of rotatable bonds is 6. The van der Waals surface area contributed by atoms with Crippen molar-refractivity contribution in [1.29, 1.82) is 0 Å². The first-order valence-corrected chi connectivity index (χ1v) is 6.91. The largest absolute Gasteiger partial charge is 0.493 e. The summed E-state index contributed by atoms with van der Waals surface area (Å²) in [4.78, 5) is 2.24. The van der Waals surface area contributed by atoms with Crippen molar-refractivity contribution in [2.24, 2.45) is 0 Å². The average Bonchev–Trinajstić information content (AvgIpc) is 2.88. The molecular weight excluding hydrogens is 244 g/mol. The zero-order valence-corrected chi connectivity index (χ0v) is 11.3. The highest BCUT2D eigenvalue weighted by Crippen LogP contribution is 2.17. The number of nitrogens with two attached hydrogens (primary N) is 1. The third-order valence-corrected chi connectivity index (χ3v) is 3.38.